The molecule has 0 unspecified atom stereocenters. The van der Waals surface area contributed by atoms with E-state index < -0.39 is 5.97 Å². The summed E-state index contributed by atoms with van der Waals surface area (Å²) in [6.07, 6.45) is -0.0165. The molecule has 0 saturated heterocycles. The van der Waals surface area contributed by atoms with Crippen LogP contribution in [-0.2, 0) is 20.9 Å². The van der Waals surface area contributed by atoms with Crippen molar-refractivity contribution in [1.29, 1.82) is 0 Å². The van der Waals surface area contributed by atoms with Gasteiger partial charge in [-0.15, -0.1) is 0 Å². The first-order valence-electron chi connectivity index (χ1n) is 7.88. The van der Waals surface area contributed by atoms with E-state index in [1.807, 2.05) is 30.3 Å². The minimum Gasteiger partial charge on any atom is -0.469 e. The molecule has 0 saturated carbocycles. The van der Waals surface area contributed by atoms with Gasteiger partial charge in [0.2, 0.25) is 5.91 Å². The van der Waals surface area contributed by atoms with Crippen molar-refractivity contribution in [2.45, 2.75) is 19.4 Å². The Labute approximate surface area is 146 Å². The van der Waals surface area contributed by atoms with Crippen molar-refractivity contribution >= 4 is 23.5 Å². The van der Waals surface area contributed by atoms with Crippen LogP contribution in [0.4, 0.5) is 5.69 Å². The number of hydrogen-bond donors (Lipinski definition) is 2. The van der Waals surface area contributed by atoms with Crippen molar-refractivity contribution in [3.05, 3.63) is 65.7 Å². The number of amides is 2. The molecule has 6 nitrogen and oxygen atoms in total. The third-order valence-corrected chi connectivity index (χ3v) is 3.53. The lowest BCUT2D eigenvalue weighted by Crippen LogP contribution is -2.25. The maximum absolute atomic E-state index is 12.4. The van der Waals surface area contributed by atoms with E-state index in [-0.39, 0.29) is 24.7 Å². The summed E-state index contributed by atoms with van der Waals surface area (Å²) in [5.41, 5.74) is 1.75. The summed E-state index contributed by atoms with van der Waals surface area (Å²) in [5, 5.41) is 5.49. The number of anilines is 1. The molecule has 2 rings (SSSR count). The van der Waals surface area contributed by atoms with Crippen molar-refractivity contribution in [1.82, 2.24) is 5.32 Å². The summed E-state index contributed by atoms with van der Waals surface area (Å²) < 4.78 is 4.50. The Morgan fingerprint density at radius 1 is 0.920 bits per heavy atom. The zero-order valence-corrected chi connectivity index (χ0v) is 14.0. The van der Waals surface area contributed by atoms with Crippen LogP contribution in [0.15, 0.2) is 54.6 Å². The molecule has 0 aliphatic heterocycles. The number of carbonyl (C=O) groups is 3. The number of nitrogens with one attached hydrogen (secondary N) is 2. The van der Waals surface area contributed by atoms with Gasteiger partial charge in [0.1, 0.15) is 0 Å². The van der Waals surface area contributed by atoms with Gasteiger partial charge in [0, 0.05) is 13.0 Å². The number of benzene rings is 2. The molecule has 0 aromatic heterocycles. The average molecular weight is 340 g/mol. The predicted octanol–water partition coefficient (Wildman–Crippen LogP) is 2.51. The zero-order chi connectivity index (χ0) is 18.1. The highest BCUT2D eigenvalue weighted by Crippen LogP contribution is 2.16. The molecule has 0 spiro atoms. The van der Waals surface area contributed by atoms with E-state index in [9.17, 15) is 14.4 Å². The van der Waals surface area contributed by atoms with E-state index >= 15 is 0 Å². The third-order valence-electron chi connectivity index (χ3n) is 3.53. The monoisotopic (exact) mass is 340 g/mol. The topological polar surface area (TPSA) is 84.5 Å². The molecule has 0 atom stereocenters. The molecular weight excluding hydrogens is 320 g/mol. The van der Waals surface area contributed by atoms with Crippen molar-refractivity contribution in [3.8, 4) is 0 Å². The van der Waals surface area contributed by atoms with Gasteiger partial charge in [0.05, 0.1) is 24.8 Å². The molecule has 0 fully saturated rings. The number of rotatable bonds is 7. The largest absolute Gasteiger partial charge is 0.469 e. The molecule has 0 aliphatic rings. The van der Waals surface area contributed by atoms with Crippen molar-refractivity contribution < 1.29 is 19.1 Å². The molecule has 25 heavy (non-hydrogen) atoms. The van der Waals surface area contributed by atoms with E-state index in [0.29, 0.717) is 17.8 Å². The minimum absolute atomic E-state index is 0.00730. The Morgan fingerprint density at radius 3 is 2.32 bits per heavy atom. The second kappa shape index (κ2) is 9.22. The first-order valence-corrected chi connectivity index (χ1v) is 7.88. The number of hydrogen-bond acceptors (Lipinski definition) is 4. The van der Waals surface area contributed by atoms with Gasteiger partial charge in [-0.3, -0.25) is 14.4 Å². The van der Waals surface area contributed by atoms with E-state index in [0.717, 1.165) is 5.56 Å². The zero-order valence-electron chi connectivity index (χ0n) is 14.0. The summed E-state index contributed by atoms with van der Waals surface area (Å²) >= 11 is 0. The summed E-state index contributed by atoms with van der Waals surface area (Å²) in [5.74, 6) is -1.09. The van der Waals surface area contributed by atoms with Crippen LogP contribution < -0.4 is 10.6 Å². The van der Waals surface area contributed by atoms with Gasteiger partial charge < -0.3 is 15.4 Å². The van der Waals surface area contributed by atoms with Gasteiger partial charge in [0.25, 0.3) is 5.91 Å². The Morgan fingerprint density at radius 2 is 1.60 bits per heavy atom. The molecular formula is C19H20N2O4. The third kappa shape index (κ3) is 5.76. The molecule has 2 aromatic rings. The fourth-order valence-corrected chi connectivity index (χ4v) is 2.19. The normalized spacial score (nSPS) is 9.96. The van der Waals surface area contributed by atoms with Crippen LogP contribution in [0.3, 0.4) is 0 Å². The van der Waals surface area contributed by atoms with Gasteiger partial charge in [-0.1, -0.05) is 42.5 Å². The lowest BCUT2D eigenvalue weighted by molar-refractivity contribution is -0.141. The molecule has 2 amide bonds. The van der Waals surface area contributed by atoms with Gasteiger partial charge in [-0.25, -0.2) is 0 Å². The Balaban J connectivity index is 1.98. The van der Waals surface area contributed by atoms with Crippen LogP contribution in [0.1, 0.15) is 28.8 Å². The second-order valence-corrected chi connectivity index (χ2v) is 5.34. The maximum Gasteiger partial charge on any atom is 0.306 e. The Bertz CT molecular complexity index is 744. The number of ether oxygens (including phenoxy) is 1. The molecule has 2 aromatic carbocycles. The Hall–Kier alpha value is -3.15. The van der Waals surface area contributed by atoms with Crippen molar-refractivity contribution in [2.24, 2.45) is 0 Å². The smallest absolute Gasteiger partial charge is 0.306 e. The van der Waals surface area contributed by atoms with E-state index in [2.05, 4.69) is 15.4 Å². The second-order valence-electron chi connectivity index (χ2n) is 5.34. The van der Waals surface area contributed by atoms with Gasteiger partial charge in [-0.2, -0.15) is 0 Å². The van der Waals surface area contributed by atoms with Crippen LogP contribution in [-0.4, -0.2) is 24.9 Å². The molecule has 0 radical (unpaired) electrons. The summed E-state index contributed by atoms with van der Waals surface area (Å²) in [6, 6.07) is 16.3. The highest BCUT2D eigenvalue weighted by Gasteiger charge is 2.13. The lowest BCUT2D eigenvalue weighted by atomic mass is 10.1. The maximum atomic E-state index is 12.4. The van der Waals surface area contributed by atoms with Crippen LogP contribution in [0.5, 0.6) is 0 Å². The summed E-state index contributed by atoms with van der Waals surface area (Å²) in [4.78, 5) is 35.4. The molecule has 0 heterocycles. The molecule has 2 N–H and O–H groups in total. The van der Waals surface area contributed by atoms with Gasteiger partial charge in [-0.05, 0) is 17.7 Å². The SMILES string of the molecule is COC(=O)CCC(=O)Nc1ccccc1C(=O)NCc1ccccc1. The molecule has 0 bridgehead atoms. The first-order chi connectivity index (χ1) is 12.1. The quantitative estimate of drug-likeness (QED) is 0.759. The average Bonchev–Trinajstić information content (AvgIpc) is 2.65. The van der Waals surface area contributed by atoms with E-state index in [4.69, 9.17) is 0 Å². The standard InChI is InChI=1S/C19H20N2O4/c1-25-18(23)12-11-17(22)21-16-10-6-5-9-15(16)19(24)20-13-14-7-3-2-4-8-14/h2-10H,11-13H2,1H3,(H,20,24)(H,21,22). The van der Waals surface area contributed by atoms with E-state index in [1.54, 1.807) is 24.3 Å². The first kappa shape index (κ1) is 18.2. The number of para-hydroxylation sites is 1. The lowest BCUT2D eigenvalue weighted by Gasteiger charge is -2.11. The van der Waals surface area contributed by atoms with Gasteiger partial charge in [0.15, 0.2) is 0 Å². The van der Waals surface area contributed by atoms with Crippen molar-refractivity contribution in [3.63, 3.8) is 0 Å². The minimum atomic E-state index is -0.455. The van der Waals surface area contributed by atoms with Crippen LogP contribution in [0.25, 0.3) is 0 Å². The van der Waals surface area contributed by atoms with Crippen LogP contribution in [0.2, 0.25) is 0 Å². The number of methoxy groups -OCH3 is 1. The molecule has 6 heteroatoms. The summed E-state index contributed by atoms with van der Waals surface area (Å²) in [6.45, 7) is 0.393. The van der Waals surface area contributed by atoms with Crippen LogP contribution >= 0.6 is 0 Å². The van der Waals surface area contributed by atoms with E-state index in [1.165, 1.54) is 7.11 Å². The fraction of sp³-hybridized carbons (Fsp3) is 0.211. The Kier molecular flexibility index (Phi) is 6.71. The predicted molar refractivity (Wildman–Crippen MR) is 93.9 cm³/mol. The molecule has 0 aliphatic carbocycles. The fourth-order valence-electron chi connectivity index (χ4n) is 2.19. The number of esters is 1. The molecule has 130 valence electrons. The van der Waals surface area contributed by atoms with Gasteiger partial charge >= 0.3 is 5.97 Å². The van der Waals surface area contributed by atoms with Crippen LogP contribution in [0, 0.1) is 0 Å². The highest BCUT2D eigenvalue weighted by molar-refractivity contribution is 6.04. The highest BCUT2D eigenvalue weighted by atomic mass is 16.5. The van der Waals surface area contributed by atoms with Crippen molar-refractivity contribution in [2.75, 3.05) is 12.4 Å². The number of carbonyl (C=O) groups excluding carboxylic acids is 3. The summed E-state index contributed by atoms with van der Waals surface area (Å²) in [7, 11) is 1.27.